The number of likely N-dealkylation sites (N-methyl/N-ethyl adjacent to an activating group) is 1. The Balaban J connectivity index is 1.79. The van der Waals surface area contributed by atoms with Gasteiger partial charge in [0.25, 0.3) is 10.2 Å². The normalized spacial score (nSPS) is 19.4. The van der Waals surface area contributed by atoms with Gasteiger partial charge in [-0.25, -0.2) is 4.39 Å². The van der Waals surface area contributed by atoms with Crippen LogP contribution in [0.3, 0.4) is 0 Å². The second kappa shape index (κ2) is 9.56. The lowest BCUT2D eigenvalue weighted by molar-refractivity contribution is -0.132. The number of rotatable bonds is 7. The zero-order valence-electron chi connectivity index (χ0n) is 20.2. The number of hydrogen-bond donors (Lipinski definition) is 1. The number of halogens is 1. The third-order valence-electron chi connectivity index (χ3n) is 6.16. The molecule has 0 saturated heterocycles. The number of carbonyl (C=O) groups excluding carboxylic acids is 3. The summed E-state index contributed by atoms with van der Waals surface area (Å²) >= 11 is 0. The molecule has 11 nitrogen and oxygen atoms in total. The van der Waals surface area contributed by atoms with Gasteiger partial charge in [0.15, 0.2) is 11.7 Å². The van der Waals surface area contributed by atoms with E-state index in [0.29, 0.717) is 5.56 Å². The number of ether oxygens (including phenoxy) is 1. The maximum absolute atomic E-state index is 13.4. The van der Waals surface area contributed by atoms with Gasteiger partial charge in [0.1, 0.15) is 23.3 Å². The standard InChI is InChI=1S/C23H26FN5O6S/c1-25-22(31)17-20(30)18-19-21(14(10-26-18)9-13-5-7-15(24)8-6-13)35-16(12-29(19)23(17)32)11-28(4)36(33,34)27(2)3/h5-8,10,16-17H,9,11-12H2,1-4H3,(H,25,31). The highest BCUT2D eigenvalue weighted by molar-refractivity contribution is 7.86. The van der Waals surface area contributed by atoms with Crippen LogP contribution in [0.2, 0.25) is 0 Å². The summed E-state index contributed by atoms with van der Waals surface area (Å²) in [5.74, 6) is -4.03. The fourth-order valence-electron chi connectivity index (χ4n) is 4.27. The predicted octanol–water partition coefficient (Wildman–Crippen LogP) is 0.202. The van der Waals surface area contributed by atoms with Crippen molar-refractivity contribution in [3.8, 4) is 5.75 Å². The third-order valence-corrected chi connectivity index (χ3v) is 8.02. The number of hydrogen-bond acceptors (Lipinski definition) is 7. The van der Waals surface area contributed by atoms with Gasteiger partial charge in [-0.05, 0) is 17.7 Å². The van der Waals surface area contributed by atoms with Crippen LogP contribution >= 0.6 is 0 Å². The number of benzene rings is 1. The van der Waals surface area contributed by atoms with Crippen molar-refractivity contribution in [3.63, 3.8) is 0 Å². The number of amides is 2. The van der Waals surface area contributed by atoms with Gasteiger partial charge in [-0.3, -0.25) is 19.4 Å². The Kier molecular flexibility index (Phi) is 6.82. The molecule has 0 spiro atoms. The summed E-state index contributed by atoms with van der Waals surface area (Å²) in [6.45, 7) is -0.190. The van der Waals surface area contributed by atoms with Crippen molar-refractivity contribution in [1.29, 1.82) is 0 Å². The van der Waals surface area contributed by atoms with Gasteiger partial charge in [0.05, 0.1) is 13.1 Å². The summed E-state index contributed by atoms with van der Waals surface area (Å²) in [7, 11) is 1.74. The SMILES string of the molecule is CNC(=O)C1C(=O)c2ncc(Cc3ccc(F)cc3)c3c2N(CC(CN(C)S(=O)(=O)N(C)C)O3)C1=O. The van der Waals surface area contributed by atoms with Gasteiger partial charge in [0, 0.05) is 46.4 Å². The zero-order chi connectivity index (χ0) is 26.4. The van der Waals surface area contributed by atoms with Crippen LogP contribution in [0.4, 0.5) is 10.1 Å². The van der Waals surface area contributed by atoms with E-state index in [0.717, 1.165) is 14.2 Å². The van der Waals surface area contributed by atoms with Gasteiger partial charge in [-0.15, -0.1) is 0 Å². The highest BCUT2D eigenvalue weighted by Gasteiger charge is 2.49. The summed E-state index contributed by atoms with van der Waals surface area (Å²) in [6, 6.07) is 5.80. The van der Waals surface area contributed by atoms with Gasteiger partial charge < -0.3 is 15.0 Å². The second-order valence-corrected chi connectivity index (χ2v) is 11.0. The molecule has 1 aromatic carbocycles. The number of nitrogens with one attached hydrogen (secondary N) is 1. The average molecular weight is 520 g/mol. The molecule has 2 aliphatic heterocycles. The smallest absolute Gasteiger partial charge is 0.281 e. The minimum Gasteiger partial charge on any atom is -0.485 e. The third kappa shape index (κ3) is 4.45. The molecule has 0 fully saturated rings. The van der Waals surface area contributed by atoms with E-state index in [2.05, 4.69) is 10.3 Å². The Labute approximate surface area is 208 Å². The molecule has 13 heteroatoms. The lowest BCUT2D eigenvalue weighted by atomic mass is 9.90. The molecule has 2 amide bonds. The van der Waals surface area contributed by atoms with Crippen LogP contribution in [0.5, 0.6) is 5.75 Å². The fourth-order valence-corrected chi connectivity index (χ4v) is 5.18. The van der Waals surface area contributed by atoms with Crippen LogP contribution in [0.1, 0.15) is 21.6 Å². The van der Waals surface area contributed by atoms with Crippen molar-refractivity contribution in [3.05, 3.63) is 53.1 Å². The Morgan fingerprint density at radius 1 is 1.22 bits per heavy atom. The van der Waals surface area contributed by atoms with Crippen molar-refractivity contribution in [1.82, 2.24) is 18.9 Å². The van der Waals surface area contributed by atoms with Crippen LogP contribution in [0.15, 0.2) is 30.5 Å². The summed E-state index contributed by atoms with van der Waals surface area (Å²) in [5.41, 5.74) is 1.33. The maximum atomic E-state index is 13.4. The fraction of sp³-hybridized carbons (Fsp3) is 0.391. The van der Waals surface area contributed by atoms with Crippen molar-refractivity contribution < 1.29 is 31.9 Å². The summed E-state index contributed by atoms with van der Waals surface area (Å²) in [6.07, 6.45) is 0.873. The van der Waals surface area contributed by atoms with E-state index in [1.54, 1.807) is 12.1 Å². The highest BCUT2D eigenvalue weighted by atomic mass is 32.2. The lowest BCUT2D eigenvalue weighted by Crippen LogP contribution is -2.57. The van der Waals surface area contributed by atoms with Crippen molar-refractivity contribution >= 4 is 33.5 Å². The van der Waals surface area contributed by atoms with E-state index in [-0.39, 0.29) is 36.6 Å². The van der Waals surface area contributed by atoms with Crippen molar-refractivity contribution in [2.75, 3.05) is 46.2 Å². The number of Topliss-reactive ketones (excluding diaryl/α,β-unsaturated/α-hetero) is 1. The van der Waals surface area contributed by atoms with Crippen LogP contribution in [-0.2, 0) is 26.2 Å². The quantitative estimate of drug-likeness (QED) is 0.518. The Bertz CT molecular complexity index is 1330. The number of aromatic nitrogens is 1. The van der Waals surface area contributed by atoms with Crippen molar-refractivity contribution in [2.24, 2.45) is 5.92 Å². The summed E-state index contributed by atoms with van der Waals surface area (Å²) < 4.78 is 46.9. The molecule has 0 aliphatic carbocycles. The van der Waals surface area contributed by atoms with Crippen LogP contribution in [0.25, 0.3) is 0 Å². The van der Waals surface area contributed by atoms with Crippen LogP contribution < -0.4 is 15.0 Å². The molecule has 2 atom stereocenters. The largest absolute Gasteiger partial charge is 0.485 e. The monoisotopic (exact) mass is 519 g/mol. The molecular weight excluding hydrogens is 493 g/mol. The van der Waals surface area contributed by atoms with Gasteiger partial charge >= 0.3 is 0 Å². The molecule has 2 unspecified atom stereocenters. The minimum absolute atomic E-state index is 0.0752. The molecule has 1 N–H and O–H groups in total. The predicted molar refractivity (Wildman–Crippen MR) is 127 cm³/mol. The summed E-state index contributed by atoms with van der Waals surface area (Å²) in [5, 5.41) is 2.34. The first-order valence-corrected chi connectivity index (χ1v) is 12.5. The maximum Gasteiger partial charge on any atom is 0.281 e. The Morgan fingerprint density at radius 3 is 2.50 bits per heavy atom. The van der Waals surface area contributed by atoms with E-state index in [1.165, 1.54) is 51.4 Å². The van der Waals surface area contributed by atoms with E-state index >= 15 is 0 Å². The molecule has 3 heterocycles. The first-order valence-electron chi connectivity index (χ1n) is 11.1. The number of carbonyl (C=O) groups is 3. The minimum atomic E-state index is -3.77. The first kappa shape index (κ1) is 25.7. The zero-order valence-corrected chi connectivity index (χ0v) is 21.0. The van der Waals surface area contributed by atoms with Gasteiger partial charge in [-0.1, -0.05) is 12.1 Å². The molecule has 4 rings (SSSR count). The Hall–Kier alpha value is -3.42. The average Bonchev–Trinajstić information content (AvgIpc) is 2.84. The molecule has 2 aromatic rings. The van der Waals surface area contributed by atoms with Crippen molar-refractivity contribution in [2.45, 2.75) is 12.5 Å². The molecule has 36 heavy (non-hydrogen) atoms. The number of ketones is 1. The Morgan fingerprint density at radius 2 is 1.89 bits per heavy atom. The molecule has 2 aliphatic rings. The van der Waals surface area contributed by atoms with Gasteiger partial charge in [0.2, 0.25) is 17.6 Å². The van der Waals surface area contributed by atoms with E-state index in [9.17, 15) is 27.2 Å². The molecule has 0 radical (unpaired) electrons. The number of anilines is 1. The molecule has 0 saturated carbocycles. The number of pyridine rings is 1. The van der Waals surface area contributed by atoms with E-state index in [4.69, 9.17) is 4.74 Å². The molecular formula is C23H26FN5O6S. The number of nitrogens with zero attached hydrogens (tertiary/aromatic N) is 4. The molecule has 1 aromatic heterocycles. The first-order chi connectivity index (χ1) is 16.9. The van der Waals surface area contributed by atoms with Crippen LogP contribution in [0, 0.1) is 11.7 Å². The molecule has 192 valence electrons. The highest BCUT2D eigenvalue weighted by Crippen LogP contribution is 2.43. The summed E-state index contributed by atoms with van der Waals surface area (Å²) in [4.78, 5) is 44.4. The van der Waals surface area contributed by atoms with E-state index < -0.39 is 45.6 Å². The van der Waals surface area contributed by atoms with Crippen LogP contribution in [-0.4, -0.2) is 87.0 Å². The second-order valence-electron chi connectivity index (χ2n) is 8.78. The topological polar surface area (TPSA) is 129 Å². The van der Waals surface area contributed by atoms with E-state index in [1.807, 2.05) is 0 Å². The lowest BCUT2D eigenvalue weighted by Gasteiger charge is -2.41. The molecule has 0 bridgehead atoms. The van der Waals surface area contributed by atoms with Gasteiger partial charge in [-0.2, -0.15) is 17.0 Å².